The molecule has 152 valence electrons. The predicted molar refractivity (Wildman–Crippen MR) is 110 cm³/mol. The normalized spacial score (nSPS) is 20.9. The third kappa shape index (κ3) is 4.46. The topological polar surface area (TPSA) is 66.9 Å². The molecule has 1 aromatic carbocycles. The molecule has 6 nitrogen and oxygen atoms in total. The van der Waals surface area contributed by atoms with E-state index < -0.39 is 10.0 Å². The molecule has 3 rings (SSSR count). The molecule has 0 radical (unpaired) electrons. The Bertz CT molecular complexity index is 927. The molecule has 2 aromatic rings. The lowest BCUT2D eigenvalue weighted by molar-refractivity contribution is -0.0440. The van der Waals surface area contributed by atoms with Crippen molar-refractivity contribution in [3.8, 4) is 0 Å². The van der Waals surface area contributed by atoms with E-state index in [1.165, 1.54) is 22.0 Å². The molecule has 1 aromatic heterocycles. The maximum atomic E-state index is 12.9. The number of hydrogen-bond donors (Lipinski definition) is 0. The smallest absolute Gasteiger partial charge is 0.253 e. The van der Waals surface area contributed by atoms with Crippen molar-refractivity contribution in [2.75, 3.05) is 20.1 Å². The van der Waals surface area contributed by atoms with Gasteiger partial charge in [-0.2, -0.15) is 4.31 Å². The van der Waals surface area contributed by atoms with Gasteiger partial charge in [0.15, 0.2) is 0 Å². The Morgan fingerprint density at radius 2 is 1.79 bits per heavy atom. The van der Waals surface area contributed by atoms with Crippen LogP contribution in [0.25, 0.3) is 0 Å². The fraction of sp³-hybridized carbons (Fsp3) is 0.450. The summed E-state index contributed by atoms with van der Waals surface area (Å²) in [6.45, 7) is 6.95. The van der Waals surface area contributed by atoms with E-state index in [0.717, 1.165) is 4.88 Å². The predicted octanol–water partition coefficient (Wildman–Crippen LogP) is 3.13. The Hall–Kier alpha value is -1.74. The molecule has 1 aliphatic rings. The van der Waals surface area contributed by atoms with Crippen LogP contribution in [0, 0.1) is 6.92 Å². The van der Waals surface area contributed by atoms with Crippen LogP contribution in [0.2, 0.25) is 0 Å². The van der Waals surface area contributed by atoms with Crippen molar-refractivity contribution in [1.82, 2.24) is 9.21 Å². The maximum absolute atomic E-state index is 12.9. The number of sulfonamides is 1. The number of morpholine rings is 1. The van der Waals surface area contributed by atoms with Crippen molar-refractivity contribution in [3.63, 3.8) is 0 Å². The highest BCUT2D eigenvalue weighted by Gasteiger charge is 2.32. The van der Waals surface area contributed by atoms with E-state index in [1.54, 1.807) is 35.4 Å². The summed E-state index contributed by atoms with van der Waals surface area (Å²) in [6, 6.07) is 8.22. The van der Waals surface area contributed by atoms with Crippen LogP contribution in [0.5, 0.6) is 0 Å². The van der Waals surface area contributed by atoms with Gasteiger partial charge in [0, 0.05) is 30.6 Å². The molecule has 0 bridgehead atoms. The van der Waals surface area contributed by atoms with Gasteiger partial charge in [0.05, 0.1) is 23.6 Å². The van der Waals surface area contributed by atoms with Gasteiger partial charge in [0.1, 0.15) is 0 Å². The van der Waals surface area contributed by atoms with Crippen molar-refractivity contribution >= 4 is 27.3 Å². The van der Waals surface area contributed by atoms with Crippen LogP contribution in [0.15, 0.2) is 40.6 Å². The molecule has 0 N–H and O–H groups in total. The van der Waals surface area contributed by atoms with Crippen molar-refractivity contribution in [2.24, 2.45) is 0 Å². The molecule has 1 fully saturated rings. The summed E-state index contributed by atoms with van der Waals surface area (Å²) in [5, 5.41) is 2.01. The van der Waals surface area contributed by atoms with E-state index in [-0.39, 0.29) is 23.0 Å². The zero-order chi connectivity index (χ0) is 20.5. The van der Waals surface area contributed by atoms with Crippen molar-refractivity contribution in [2.45, 2.75) is 44.4 Å². The SMILES string of the molecule is Cc1ccsc1CN(C)C(=O)c1ccc(S(=O)(=O)N2C[C@@H](C)O[C@@H](C)C2)cc1. The van der Waals surface area contributed by atoms with Gasteiger partial charge in [-0.05, 0) is 62.0 Å². The number of hydrogen-bond acceptors (Lipinski definition) is 5. The van der Waals surface area contributed by atoms with E-state index >= 15 is 0 Å². The van der Waals surface area contributed by atoms with Crippen LogP contribution in [-0.2, 0) is 21.3 Å². The second kappa shape index (κ2) is 8.32. The molecule has 28 heavy (non-hydrogen) atoms. The number of thiophene rings is 1. The van der Waals surface area contributed by atoms with E-state index in [1.807, 2.05) is 32.2 Å². The lowest BCUT2D eigenvalue weighted by Crippen LogP contribution is -2.48. The number of amides is 1. The highest BCUT2D eigenvalue weighted by molar-refractivity contribution is 7.89. The first-order valence-electron chi connectivity index (χ1n) is 9.22. The highest BCUT2D eigenvalue weighted by Crippen LogP contribution is 2.22. The second-order valence-electron chi connectivity index (χ2n) is 7.29. The Morgan fingerprint density at radius 1 is 1.18 bits per heavy atom. The van der Waals surface area contributed by atoms with Crippen LogP contribution >= 0.6 is 11.3 Å². The molecule has 0 aliphatic carbocycles. The molecule has 2 atom stereocenters. The summed E-state index contributed by atoms with van der Waals surface area (Å²) < 4.78 is 32.9. The first kappa shape index (κ1) is 21.0. The third-order valence-electron chi connectivity index (χ3n) is 4.82. The Kier molecular flexibility index (Phi) is 6.24. The molecular formula is C20H26N2O4S2. The number of carbonyl (C=O) groups excluding carboxylic acids is 1. The van der Waals surface area contributed by atoms with Gasteiger partial charge in [-0.3, -0.25) is 4.79 Å². The molecule has 0 spiro atoms. The van der Waals surface area contributed by atoms with E-state index in [9.17, 15) is 13.2 Å². The average molecular weight is 423 g/mol. The van der Waals surface area contributed by atoms with Gasteiger partial charge in [0.25, 0.3) is 5.91 Å². The number of ether oxygens (including phenoxy) is 1. The van der Waals surface area contributed by atoms with Crippen LogP contribution in [-0.4, -0.2) is 55.9 Å². The maximum Gasteiger partial charge on any atom is 0.253 e. The van der Waals surface area contributed by atoms with Crippen LogP contribution in [0.3, 0.4) is 0 Å². The molecule has 2 heterocycles. The minimum absolute atomic E-state index is 0.134. The quantitative estimate of drug-likeness (QED) is 0.743. The average Bonchev–Trinajstić information content (AvgIpc) is 3.05. The minimum atomic E-state index is -3.61. The van der Waals surface area contributed by atoms with E-state index in [0.29, 0.717) is 25.2 Å². The van der Waals surface area contributed by atoms with Gasteiger partial charge >= 0.3 is 0 Å². The number of nitrogens with zero attached hydrogens (tertiary/aromatic N) is 2. The first-order valence-corrected chi connectivity index (χ1v) is 11.5. The number of aryl methyl sites for hydroxylation is 1. The summed E-state index contributed by atoms with van der Waals surface area (Å²) in [5.41, 5.74) is 1.64. The number of rotatable bonds is 5. The Morgan fingerprint density at radius 3 is 2.32 bits per heavy atom. The summed E-state index contributed by atoms with van der Waals surface area (Å²) >= 11 is 1.62. The monoisotopic (exact) mass is 422 g/mol. The molecule has 0 saturated carbocycles. The van der Waals surface area contributed by atoms with Gasteiger partial charge in [-0.25, -0.2) is 8.42 Å². The lowest BCUT2D eigenvalue weighted by Gasteiger charge is -2.34. The fourth-order valence-corrected chi connectivity index (χ4v) is 5.87. The molecule has 1 amide bonds. The van der Waals surface area contributed by atoms with Crippen molar-refractivity contribution < 1.29 is 17.9 Å². The Balaban J connectivity index is 1.73. The van der Waals surface area contributed by atoms with Crippen molar-refractivity contribution in [1.29, 1.82) is 0 Å². The summed E-state index contributed by atoms with van der Waals surface area (Å²) in [7, 11) is -1.85. The molecule has 1 saturated heterocycles. The van der Waals surface area contributed by atoms with Crippen LogP contribution < -0.4 is 0 Å². The number of benzene rings is 1. The second-order valence-corrected chi connectivity index (χ2v) is 10.2. The third-order valence-corrected chi connectivity index (χ3v) is 7.67. The summed E-state index contributed by atoms with van der Waals surface area (Å²) in [5.74, 6) is -0.134. The van der Waals surface area contributed by atoms with E-state index in [2.05, 4.69) is 0 Å². The van der Waals surface area contributed by atoms with Gasteiger partial charge in [-0.15, -0.1) is 11.3 Å². The zero-order valence-corrected chi connectivity index (χ0v) is 18.2. The zero-order valence-electron chi connectivity index (χ0n) is 16.6. The summed E-state index contributed by atoms with van der Waals surface area (Å²) in [4.78, 5) is 15.7. The molecule has 8 heteroatoms. The van der Waals surface area contributed by atoms with Crippen LogP contribution in [0.4, 0.5) is 0 Å². The van der Waals surface area contributed by atoms with Gasteiger partial charge in [0.2, 0.25) is 10.0 Å². The van der Waals surface area contributed by atoms with Gasteiger partial charge < -0.3 is 9.64 Å². The lowest BCUT2D eigenvalue weighted by atomic mass is 10.2. The van der Waals surface area contributed by atoms with Gasteiger partial charge in [-0.1, -0.05) is 0 Å². The fourth-order valence-electron chi connectivity index (χ4n) is 3.32. The van der Waals surface area contributed by atoms with Crippen LogP contribution in [0.1, 0.15) is 34.6 Å². The molecule has 1 aliphatic heterocycles. The van der Waals surface area contributed by atoms with E-state index in [4.69, 9.17) is 4.74 Å². The highest BCUT2D eigenvalue weighted by atomic mass is 32.2. The van der Waals surface area contributed by atoms with Crippen molar-refractivity contribution in [3.05, 3.63) is 51.7 Å². The standard InChI is InChI=1S/C20H26N2O4S2/c1-14-9-10-27-19(14)13-21(4)20(23)17-5-7-18(8-6-17)28(24,25)22-11-15(2)26-16(3)12-22/h5-10,15-16H,11-13H2,1-4H3/t15-,16+. The minimum Gasteiger partial charge on any atom is -0.373 e. The first-order chi connectivity index (χ1) is 13.2. The molecular weight excluding hydrogens is 396 g/mol. The largest absolute Gasteiger partial charge is 0.373 e. The number of carbonyl (C=O) groups is 1. The summed E-state index contributed by atoms with van der Waals surface area (Å²) in [6.07, 6.45) is -0.289. The Labute approximate surface area is 170 Å². The molecule has 0 unspecified atom stereocenters.